The number of oxime groups is 1. The monoisotopic (exact) mass is 295 g/mol. The van der Waals surface area contributed by atoms with Gasteiger partial charge < -0.3 is 9.57 Å². The largest absolute Gasteiger partial charge is 0.460 e. The molecule has 1 aliphatic rings. The molecule has 0 aromatic rings. The first-order valence-electron chi connectivity index (χ1n) is 7.66. The van der Waals surface area contributed by atoms with Crippen LogP contribution in [0.2, 0.25) is 0 Å². The molecular weight excluding hydrogens is 266 g/mol. The fourth-order valence-corrected chi connectivity index (χ4v) is 2.39. The molecule has 0 spiro atoms. The van der Waals surface area contributed by atoms with Crippen molar-refractivity contribution >= 4 is 12.2 Å². The van der Waals surface area contributed by atoms with E-state index in [9.17, 15) is 4.79 Å². The lowest BCUT2D eigenvalue weighted by atomic mass is 10.1. The van der Waals surface area contributed by atoms with E-state index in [0.29, 0.717) is 6.61 Å². The van der Waals surface area contributed by atoms with E-state index in [1.54, 1.807) is 6.21 Å². The van der Waals surface area contributed by atoms with Gasteiger partial charge in [-0.05, 0) is 51.0 Å². The van der Waals surface area contributed by atoms with E-state index in [1.807, 2.05) is 34.6 Å². The van der Waals surface area contributed by atoms with Crippen molar-refractivity contribution in [2.75, 3.05) is 6.61 Å². The smallest absolute Gasteiger partial charge is 0.310 e. The van der Waals surface area contributed by atoms with E-state index < -0.39 is 5.60 Å². The number of carbonyl (C=O) groups is 1. The molecule has 4 heteroatoms. The van der Waals surface area contributed by atoms with E-state index >= 15 is 0 Å². The number of ether oxygens (including phenoxy) is 1. The highest BCUT2D eigenvalue weighted by molar-refractivity contribution is 5.81. The summed E-state index contributed by atoms with van der Waals surface area (Å²) in [6.07, 6.45) is 4.74. The molecule has 0 radical (unpaired) electrons. The lowest BCUT2D eigenvalue weighted by Crippen LogP contribution is -2.26. The van der Waals surface area contributed by atoms with Gasteiger partial charge in [-0.15, -0.1) is 0 Å². The zero-order chi connectivity index (χ0) is 16.3. The van der Waals surface area contributed by atoms with E-state index in [0.717, 1.165) is 12.0 Å². The fraction of sp³-hybridized carbons (Fsp3) is 0.765. The van der Waals surface area contributed by atoms with E-state index in [1.165, 1.54) is 0 Å². The van der Waals surface area contributed by atoms with Crippen LogP contribution in [0.25, 0.3) is 0 Å². The first kappa shape index (κ1) is 17.7. The highest BCUT2D eigenvalue weighted by atomic mass is 16.6. The van der Waals surface area contributed by atoms with Gasteiger partial charge in [0.05, 0.1) is 12.1 Å². The predicted octanol–water partition coefficient (Wildman–Crippen LogP) is 3.96. The third-order valence-corrected chi connectivity index (χ3v) is 3.64. The maximum Gasteiger partial charge on any atom is 0.310 e. The van der Waals surface area contributed by atoms with Gasteiger partial charge in [0.2, 0.25) is 0 Å². The summed E-state index contributed by atoms with van der Waals surface area (Å²) in [7, 11) is 0. The molecule has 120 valence electrons. The van der Waals surface area contributed by atoms with Crippen LogP contribution in [-0.2, 0) is 14.4 Å². The molecule has 1 aliphatic carbocycles. The number of esters is 1. The second-order valence-electron chi connectivity index (χ2n) is 7.34. The molecular formula is C17H29NO3. The van der Waals surface area contributed by atoms with E-state index in [-0.39, 0.29) is 23.2 Å². The molecule has 1 rings (SSSR count). The average molecular weight is 295 g/mol. The van der Waals surface area contributed by atoms with E-state index in [2.05, 4.69) is 25.1 Å². The van der Waals surface area contributed by atoms with Crippen molar-refractivity contribution < 1.29 is 14.4 Å². The Hall–Kier alpha value is -1.32. The van der Waals surface area contributed by atoms with Crippen LogP contribution in [0.5, 0.6) is 0 Å². The van der Waals surface area contributed by atoms with Gasteiger partial charge in [-0.25, -0.2) is 0 Å². The quantitative estimate of drug-likeness (QED) is 0.322. The number of hydrogen-bond donors (Lipinski definition) is 0. The van der Waals surface area contributed by atoms with Gasteiger partial charge in [0, 0.05) is 0 Å². The summed E-state index contributed by atoms with van der Waals surface area (Å²) in [4.78, 5) is 17.3. The van der Waals surface area contributed by atoms with Crippen LogP contribution < -0.4 is 0 Å². The van der Waals surface area contributed by atoms with Gasteiger partial charge in [0.1, 0.15) is 12.2 Å². The van der Waals surface area contributed by atoms with Crippen molar-refractivity contribution in [3.8, 4) is 0 Å². The SMILES string of the molecule is CCCON=CC(C)=C[C@@H]1[C@@H](C(=O)OC(C)(C)C)C1(C)C. The highest BCUT2D eigenvalue weighted by Gasteiger charge is 2.61. The summed E-state index contributed by atoms with van der Waals surface area (Å²) < 4.78 is 5.50. The normalized spacial score (nSPS) is 25.0. The molecule has 2 atom stereocenters. The van der Waals surface area contributed by atoms with Crippen molar-refractivity contribution in [1.29, 1.82) is 0 Å². The Morgan fingerprint density at radius 2 is 1.95 bits per heavy atom. The van der Waals surface area contributed by atoms with Crippen LogP contribution in [0.1, 0.15) is 54.9 Å². The molecule has 21 heavy (non-hydrogen) atoms. The molecule has 0 aliphatic heterocycles. The molecule has 0 bridgehead atoms. The Labute approximate surface area is 128 Å². The molecule has 0 aromatic carbocycles. The molecule has 0 N–H and O–H groups in total. The minimum atomic E-state index is -0.436. The lowest BCUT2D eigenvalue weighted by Gasteiger charge is -2.19. The molecule has 0 heterocycles. The summed E-state index contributed by atoms with van der Waals surface area (Å²) in [6, 6.07) is 0. The number of rotatable bonds is 6. The van der Waals surface area contributed by atoms with Gasteiger partial charge in [-0.3, -0.25) is 4.79 Å². The first-order valence-corrected chi connectivity index (χ1v) is 7.66. The number of allylic oxidation sites excluding steroid dienone is 2. The molecule has 0 aromatic heterocycles. The summed E-state index contributed by atoms with van der Waals surface area (Å²) in [5, 5.41) is 3.91. The van der Waals surface area contributed by atoms with Crippen molar-refractivity contribution in [2.24, 2.45) is 22.4 Å². The molecule has 1 saturated carbocycles. The van der Waals surface area contributed by atoms with Crippen LogP contribution in [-0.4, -0.2) is 24.4 Å². The van der Waals surface area contributed by atoms with Gasteiger partial charge in [-0.1, -0.05) is 32.0 Å². The molecule has 0 unspecified atom stereocenters. The standard InChI is InChI=1S/C17H29NO3/c1-8-9-20-18-11-12(2)10-13-14(17(13,6)7)15(19)21-16(3,4)5/h10-11,13-14H,8-9H2,1-7H3/t13-,14+/m1/s1. The number of hydrogen-bond acceptors (Lipinski definition) is 4. The zero-order valence-corrected chi connectivity index (χ0v) is 14.4. The molecule has 4 nitrogen and oxygen atoms in total. The van der Waals surface area contributed by atoms with Crippen molar-refractivity contribution in [2.45, 2.75) is 60.5 Å². The summed E-state index contributed by atoms with van der Waals surface area (Å²) in [5.41, 5.74) is 0.520. The average Bonchev–Trinajstić information content (AvgIpc) is 2.84. The second-order valence-corrected chi connectivity index (χ2v) is 7.34. The van der Waals surface area contributed by atoms with Gasteiger partial charge in [-0.2, -0.15) is 0 Å². The van der Waals surface area contributed by atoms with Crippen molar-refractivity contribution in [3.05, 3.63) is 11.6 Å². The third-order valence-electron chi connectivity index (χ3n) is 3.64. The van der Waals surface area contributed by atoms with Crippen LogP contribution in [0, 0.1) is 17.3 Å². The Morgan fingerprint density at radius 1 is 1.33 bits per heavy atom. The molecule has 0 amide bonds. The van der Waals surface area contributed by atoms with Crippen LogP contribution in [0.4, 0.5) is 0 Å². The summed E-state index contributed by atoms with van der Waals surface area (Å²) >= 11 is 0. The predicted molar refractivity (Wildman–Crippen MR) is 85.1 cm³/mol. The Morgan fingerprint density at radius 3 is 2.48 bits per heavy atom. The zero-order valence-electron chi connectivity index (χ0n) is 14.4. The third kappa shape index (κ3) is 5.18. The van der Waals surface area contributed by atoms with Crippen LogP contribution in [0.15, 0.2) is 16.8 Å². The van der Waals surface area contributed by atoms with E-state index in [4.69, 9.17) is 9.57 Å². The lowest BCUT2D eigenvalue weighted by molar-refractivity contribution is -0.157. The van der Waals surface area contributed by atoms with Crippen molar-refractivity contribution in [3.63, 3.8) is 0 Å². The summed E-state index contributed by atoms with van der Waals surface area (Å²) in [5.74, 6) is 0.0160. The summed E-state index contributed by atoms with van der Waals surface area (Å²) in [6.45, 7) is 14.5. The Bertz CT molecular complexity index is 430. The Kier molecular flexibility index (Phi) is 5.60. The maximum atomic E-state index is 12.2. The highest BCUT2D eigenvalue weighted by Crippen LogP contribution is 2.60. The van der Waals surface area contributed by atoms with Crippen molar-refractivity contribution in [1.82, 2.24) is 0 Å². The number of carbonyl (C=O) groups excluding carboxylic acids is 1. The van der Waals surface area contributed by atoms with Gasteiger partial charge >= 0.3 is 5.97 Å². The minimum absolute atomic E-state index is 0.0539. The second kappa shape index (κ2) is 6.63. The topological polar surface area (TPSA) is 47.9 Å². The molecule has 1 fully saturated rings. The van der Waals surface area contributed by atoms with Crippen LogP contribution >= 0.6 is 0 Å². The van der Waals surface area contributed by atoms with Crippen LogP contribution in [0.3, 0.4) is 0 Å². The Balaban J connectivity index is 2.63. The first-order chi connectivity index (χ1) is 9.59. The maximum absolute atomic E-state index is 12.2. The van der Waals surface area contributed by atoms with Gasteiger partial charge in [0.25, 0.3) is 0 Å². The van der Waals surface area contributed by atoms with Gasteiger partial charge in [0.15, 0.2) is 0 Å². The fourth-order valence-electron chi connectivity index (χ4n) is 2.39. The minimum Gasteiger partial charge on any atom is -0.460 e. The number of nitrogens with zero attached hydrogens (tertiary/aromatic N) is 1. The molecule has 0 saturated heterocycles.